The van der Waals surface area contributed by atoms with Crippen LogP contribution in [0.25, 0.3) is 0 Å². The first-order valence-electron chi connectivity index (χ1n) is 13.7. The molecule has 220 valence electrons. The van der Waals surface area contributed by atoms with Crippen molar-refractivity contribution in [3.63, 3.8) is 0 Å². The van der Waals surface area contributed by atoms with E-state index in [0.717, 1.165) is 34.0 Å². The van der Waals surface area contributed by atoms with Gasteiger partial charge in [0, 0.05) is 13.1 Å². The van der Waals surface area contributed by atoms with Gasteiger partial charge in [-0.05, 0) is 80.8 Å². The van der Waals surface area contributed by atoms with Crippen LogP contribution in [0.15, 0.2) is 77.7 Å². The van der Waals surface area contributed by atoms with Gasteiger partial charge in [0.05, 0.1) is 17.2 Å². The van der Waals surface area contributed by atoms with E-state index in [-0.39, 0.29) is 23.0 Å². The van der Waals surface area contributed by atoms with Crippen molar-refractivity contribution in [2.24, 2.45) is 0 Å². The maximum Gasteiger partial charge on any atom is 0.264 e. The molecule has 3 rings (SSSR count). The van der Waals surface area contributed by atoms with Gasteiger partial charge in [0.2, 0.25) is 11.8 Å². The van der Waals surface area contributed by atoms with Crippen LogP contribution in [0.3, 0.4) is 0 Å². The monoisotopic (exact) mass is 583 g/mol. The highest BCUT2D eigenvalue weighted by atomic mass is 32.2. The van der Waals surface area contributed by atoms with E-state index in [1.165, 1.54) is 41.3 Å². The van der Waals surface area contributed by atoms with Gasteiger partial charge >= 0.3 is 0 Å². The van der Waals surface area contributed by atoms with Gasteiger partial charge in [-0.2, -0.15) is 0 Å². The molecule has 0 aliphatic rings. The Morgan fingerprint density at radius 1 is 0.927 bits per heavy atom. The Bertz CT molecular complexity index is 1400. The average molecular weight is 584 g/mol. The minimum Gasteiger partial charge on any atom is -0.494 e. The summed E-state index contributed by atoms with van der Waals surface area (Å²) in [6.45, 7) is 7.90. The number of ether oxygens (including phenoxy) is 1. The second-order valence-electron chi connectivity index (χ2n) is 9.61. The minimum atomic E-state index is -4.27. The van der Waals surface area contributed by atoms with Crippen molar-refractivity contribution in [3.05, 3.63) is 89.7 Å². The highest BCUT2D eigenvalue weighted by molar-refractivity contribution is 7.92. The lowest BCUT2D eigenvalue weighted by molar-refractivity contribution is -0.140. The molecule has 0 unspecified atom stereocenters. The SMILES string of the molecule is CCCNC(=O)[C@@H](CC)N(Cc1ccc(C)cc1)C(=O)CN(c1ccc(F)cc1)S(=O)(=O)c1ccc(OCC)cc1. The van der Waals surface area contributed by atoms with Gasteiger partial charge in [-0.25, -0.2) is 12.8 Å². The predicted octanol–water partition coefficient (Wildman–Crippen LogP) is 5.06. The zero-order chi connectivity index (χ0) is 30.0. The average Bonchev–Trinajstić information content (AvgIpc) is 2.96. The number of hydrogen-bond donors (Lipinski definition) is 1. The maximum atomic E-state index is 14.0. The Balaban J connectivity index is 2.03. The van der Waals surface area contributed by atoms with E-state index in [1.807, 2.05) is 45.0 Å². The number of benzene rings is 3. The van der Waals surface area contributed by atoms with Gasteiger partial charge < -0.3 is 15.0 Å². The molecule has 1 atom stereocenters. The Labute approximate surface area is 242 Å². The summed E-state index contributed by atoms with van der Waals surface area (Å²) >= 11 is 0. The van der Waals surface area contributed by atoms with Crippen molar-refractivity contribution in [2.75, 3.05) is 24.0 Å². The standard InChI is InChI=1S/C31H38FN3O5S/c1-5-20-33-31(37)29(6-2)34(21-24-10-8-23(4)9-11-24)30(36)22-35(26-14-12-25(32)13-15-26)41(38,39)28-18-16-27(17-19-28)40-7-3/h8-19,29H,5-7,20-22H2,1-4H3,(H,33,37)/t29-/m1/s1. The number of halogens is 1. The highest BCUT2D eigenvalue weighted by Crippen LogP contribution is 2.26. The molecule has 3 aromatic carbocycles. The summed E-state index contributed by atoms with van der Waals surface area (Å²) in [5.74, 6) is -0.914. The number of amides is 2. The fourth-order valence-electron chi connectivity index (χ4n) is 4.31. The van der Waals surface area contributed by atoms with Crippen LogP contribution in [0.2, 0.25) is 0 Å². The van der Waals surface area contributed by atoms with E-state index in [9.17, 15) is 22.4 Å². The van der Waals surface area contributed by atoms with Crippen LogP contribution in [0.5, 0.6) is 5.75 Å². The molecule has 1 N–H and O–H groups in total. The van der Waals surface area contributed by atoms with Crippen molar-refractivity contribution < 1.29 is 27.1 Å². The van der Waals surface area contributed by atoms with Crippen molar-refractivity contribution in [1.29, 1.82) is 0 Å². The van der Waals surface area contributed by atoms with Crippen molar-refractivity contribution >= 4 is 27.5 Å². The number of carbonyl (C=O) groups excluding carboxylic acids is 2. The normalized spacial score (nSPS) is 11.9. The van der Waals surface area contributed by atoms with Crippen LogP contribution < -0.4 is 14.4 Å². The zero-order valence-electron chi connectivity index (χ0n) is 24.0. The molecule has 0 bridgehead atoms. The number of hydrogen-bond acceptors (Lipinski definition) is 5. The molecule has 0 radical (unpaired) electrons. The number of aryl methyl sites for hydroxylation is 1. The van der Waals surface area contributed by atoms with Gasteiger partial charge in [-0.1, -0.05) is 43.7 Å². The lowest BCUT2D eigenvalue weighted by Gasteiger charge is -2.33. The molecule has 10 heteroatoms. The molecule has 3 aromatic rings. The Morgan fingerprint density at radius 2 is 1.56 bits per heavy atom. The third kappa shape index (κ3) is 8.29. The van der Waals surface area contributed by atoms with Crippen molar-refractivity contribution in [2.45, 2.75) is 58.0 Å². The van der Waals surface area contributed by atoms with E-state index < -0.39 is 34.3 Å². The molecule has 0 spiro atoms. The number of nitrogens with zero attached hydrogens (tertiary/aromatic N) is 2. The van der Waals surface area contributed by atoms with E-state index in [1.54, 1.807) is 6.92 Å². The summed E-state index contributed by atoms with van der Waals surface area (Å²) < 4.78 is 48.0. The third-order valence-corrected chi connectivity index (χ3v) is 8.31. The molecule has 2 amide bonds. The lowest BCUT2D eigenvalue weighted by atomic mass is 10.1. The van der Waals surface area contributed by atoms with E-state index in [0.29, 0.717) is 25.3 Å². The first-order valence-corrected chi connectivity index (χ1v) is 15.2. The largest absolute Gasteiger partial charge is 0.494 e. The van der Waals surface area contributed by atoms with Crippen LogP contribution in [0, 0.1) is 12.7 Å². The first-order chi connectivity index (χ1) is 19.6. The molecule has 0 fully saturated rings. The third-order valence-electron chi connectivity index (χ3n) is 6.52. The molecule has 0 aromatic heterocycles. The molecule has 0 aliphatic heterocycles. The maximum absolute atomic E-state index is 14.0. The fourth-order valence-corrected chi connectivity index (χ4v) is 5.73. The number of anilines is 1. The van der Waals surface area contributed by atoms with Crippen LogP contribution >= 0.6 is 0 Å². The summed E-state index contributed by atoms with van der Waals surface area (Å²) in [7, 11) is -4.27. The number of rotatable bonds is 14. The van der Waals surface area contributed by atoms with Gasteiger partial charge in [0.25, 0.3) is 10.0 Å². The van der Waals surface area contributed by atoms with E-state index in [2.05, 4.69) is 5.32 Å². The van der Waals surface area contributed by atoms with Crippen molar-refractivity contribution in [1.82, 2.24) is 10.2 Å². The zero-order valence-corrected chi connectivity index (χ0v) is 24.8. The molecule has 0 aliphatic carbocycles. The van der Waals surface area contributed by atoms with Crippen molar-refractivity contribution in [3.8, 4) is 5.75 Å². The molecule has 41 heavy (non-hydrogen) atoms. The Kier molecular flexibility index (Phi) is 11.3. The number of sulfonamides is 1. The first kappa shape index (κ1) is 31.6. The summed E-state index contributed by atoms with van der Waals surface area (Å²) in [6.07, 6.45) is 1.06. The molecule has 0 saturated heterocycles. The predicted molar refractivity (Wildman–Crippen MR) is 158 cm³/mol. The van der Waals surface area contributed by atoms with E-state index >= 15 is 0 Å². The van der Waals surface area contributed by atoms with Crippen LogP contribution in [0.4, 0.5) is 10.1 Å². The second-order valence-corrected chi connectivity index (χ2v) is 11.5. The van der Waals surface area contributed by atoms with Crippen LogP contribution in [-0.4, -0.2) is 50.9 Å². The van der Waals surface area contributed by atoms with Gasteiger partial charge in [0.15, 0.2) is 0 Å². The Morgan fingerprint density at radius 3 is 2.12 bits per heavy atom. The smallest absolute Gasteiger partial charge is 0.264 e. The van der Waals surface area contributed by atoms with Crippen LogP contribution in [0.1, 0.15) is 44.7 Å². The van der Waals surface area contributed by atoms with Gasteiger partial charge in [-0.3, -0.25) is 13.9 Å². The molecular weight excluding hydrogens is 545 g/mol. The number of nitrogens with one attached hydrogen (secondary N) is 1. The second kappa shape index (κ2) is 14.6. The molecular formula is C31H38FN3O5S. The fraction of sp³-hybridized carbons (Fsp3) is 0.355. The quantitative estimate of drug-likeness (QED) is 0.286. The highest BCUT2D eigenvalue weighted by Gasteiger charge is 2.33. The summed E-state index contributed by atoms with van der Waals surface area (Å²) in [5.41, 5.74) is 1.96. The molecule has 0 saturated carbocycles. The summed E-state index contributed by atoms with van der Waals surface area (Å²) in [4.78, 5) is 28.5. The van der Waals surface area contributed by atoms with Gasteiger partial charge in [0.1, 0.15) is 24.2 Å². The minimum absolute atomic E-state index is 0.0594. The number of carbonyl (C=O) groups is 2. The lowest BCUT2D eigenvalue weighted by Crippen LogP contribution is -2.52. The van der Waals surface area contributed by atoms with Gasteiger partial charge in [-0.15, -0.1) is 0 Å². The molecule has 0 heterocycles. The molecule has 8 nitrogen and oxygen atoms in total. The Hall–Kier alpha value is -3.92. The summed E-state index contributed by atoms with van der Waals surface area (Å²) in [5, 5.41) is 2.86. The topological polar surface area (TPSA) is 96.0 Å². The van der Waals surface area contributed by atoms with E-state index in [4.69, 9.17) is 4.74 Å². The summed E-state index contributed by atoms with van der Waals surface area (Å²) in [6, 6.07) is 17.5. The van der Waals surface area contributed by atoms with Crippen LogP contribution in [-0.2, 0) is 26.2 Å².